The standard InChI is InChI=1S/C20H22FN5/c1-11(2)4-5-14-12(3)24-19-16(14)8-13(9-17(19)21)15-6-7-26-18(15)10-23-20(22)25-26/h6-11,14H,4-5H2,1-3H3,(H2,22,25). The van der Waals surface area contributed by atoms with Crippen LogP contribution in [0.1, 0.15) is 45.1 Å². The van der Waals surface area contributed by atoms with Crippen LogP contribution in [0.4, 0.5) is 16.0 Å². The number of hydrogen-bond acceptors (Lipinski definition) is 4. The molecule has 0 spiro atoms. The van der Waals surface area contributed by atoms with Gasteiger partial charge in [-0.05, 0) is 48.6 Å². The Kier molecular flexibility index (Phi) is 3.98. The Hall–Kier alpha value is -2.76. The summed E-state index contributed by atoms with van der Waals surface area (Å²) in [5.74, 6) is 0.720. The van der Waals surface area contributed by atoms with Crippen LogP contribution in [0.5, 0.6) is 0 Å². The molecule has 0 radical (unpaired) electrons. The topological polar surface area (TPSA) is 68.6 Å². The number of nitrogens with zero attached hydrogens (tertiary/aromatic N) is 4. The minimum absolute atomic E-state index is 0.183. The average molecular weight is 351 g/mol. The van der Waals surface area contributed by atoms with Crippen LogP contribution in [0.15, 0.2) is 35.6 Å². The van der Waals surface area contributed by atoms with E-state index in [4.69, 9.17) is 5.73 Å². The molecule has 3 heterocycles. The molecular formula is C20H22FN5. The lowest BCUT2D eigenvalue weighted by Crippen LogP contribution is -2.06. The van der Waals surface area contributed by atoms with E-state index in [2.05, 4.69) is 35.0 Å². The van der Waals surface area contributed by atoms with E-state index in [-0.39, 0.29) is 17.7 Å². The maximum absolute atomic E-state index is 14.8. The van der Waals surface area contributed by atoms with Gasteiger partial charge in [0, 0.05) is 23.4 Å². The predicted octanol–water partition coefficient (Wildman–Crippen LogP) is 4.74. The minimum Gasteiger partial charge on any atom is -0.367 e. The zero-order valence-corrected chi connectivity index (χ0v) is 15.2. The Morgan fingerprint density at radius 1 is 1.31 bits per heavy atom. The average Bonchev–Trinajstić information content (AvgIpc) is 3.13. The molecule has 1 aliphatic rings. The molecule has 3 aromatic rings. The third kappa shape index (κ3) is 2.75. The second-order valence-corrected chi connectivity index (χ2v) is 7.35. The maximum atomic E-state index is 14.8. The molecule has 0 bridgehead atoms. The number of benzene rings is 1. The van der Waals surface area contributed by atoms with Gasteiger partial charge in [0.2, 0.25) is 5.95 Å². The van der Waals surface area contributed by atoms with Crippen LogP contribution in [-0.4, -0.2) is 20.3 Å². The summed E-state index contributed by atoms with van der Waals surface area (Å²) in [6, 6.07) is 5.53. The molecule has 0 aliphatic carbocycles. The second kappa shape index (κ2) is 6.20. The number of aromatic nitrogens is 3. The molecule has 0 fully saturated rings. The van der Waals surface area contributed by atoms with E-state index in [1.54, 1.807) is 16.8 Å². The van der Waals surface area contributed by atoms with Gasteiger partial charge in [0.05, 0.1) is 11.7 Å². The van der Waals surface area contributed by atoms with Gasteiger partial charge < -0.3 is 5.73 Å². The largest absolute Gasteiger partial charge is 0.367 e. The van der Waals surface area contributed by atoms with E-state index in [0.29, 0.717) is 11.6 Å². The molecule has 2 N–H and O–H groups in total. The maximum Gasteiger partial charge on any atom is 0.238 e. The Morgan fingerprint density at radius 3 is 2.88 bits per heavy atom. The van der Waals surface area contributed by atoms with Crippen molar-refractivity contribution in [2.45, 2.75) is 39.5 Å². The van der Waals surface area contributed by atoms with Crippen LogP contribution in [0.25, 0.3) is 16.6 Å². The molecule has 1 aromatic carbocycles. The highest BCUT2D eigenvalue weighted by Gasteiger charge is 2.28. The number of nitrogen functional groups attached to an aromatic ring is 1. The number of hydrogen-bond donors (Lipinski definition) is 1. The predicted molar refractivity (Wildman–Crippen MR) is 102 cm³/mol. The summed E-state index contributed by atoms with van der Waals surface area (Å²) in [7, 11) is 0. The van der Waals surface area contributed by atoms with E-state index in [0.717, 1.165) is 40.8 Å². The van der Waals surface area contributed by atoms with Gasteiger partial charge in [0.1, 0.15) is 11.5 Å². The number of nitrogens with two attached hydrogens (primary N) is 1. The van der Waals surface area contributed by atoms with Crippen molar-refractivity contribution in [1.29, 1.82) is 0 Å². The monoisotopic (exact) mass is 351 g/mol. The van der Waals surface area contributed by atoms with Crippen LogP contribution in [0.2, 0.25) is 0 Å². The van der Waals surface area contributed by atoms with E-state index < -0.39 is 0 Å². The molecule has 1 unspecified atom stereocenters. The Labute approximate surface area is 151 Å². The molecule has 0 amide bonds. The van der Waals surface area contributed by atoms with Crippen molar-refractivity contribution >= 4 is 22.9 Å². The lowest BCUT2D eigenvalue weighted by atomic mass is 9.88. The molecule has 1 atom stereocenters. The zero-order valence-electron chi connectivity index (χ0n) is 15.2. The summed E-state index contributed by atoms with van der Waals surface area (Å²) in [6.07, 6.45) is 5.55. The fourth-order valence-corrected chi connectivity index (χ4v) is 3.66. The van der Waals surface area contributed by atoms with Crippen molar-refractivity contribution in [1.82, 2.24) is 14.6 Å². The van der Waals surface area contributed by atoms with Crippen molar-refractivity contribution in [2.24, 2.45) is 10.9 Å². The first-order chi connectivity index (χ1) is 12.4. The normalized spacial score (nSPS) is 16.3. The number of fused-ring (bicyclic) bond motifs is 2. The zero-order chi connectivity index (χ0) is 18.4. The third-order valence-electron chi connectivity index (χ3n) is 5.04. The van der Waals surface area contributed by atoms with Crippen LogP contribution < -0.4 is 5.73 Å². The highest BCUT2D eigenvalue weighted by Crippen LogP contribution is 2.43. The summed E-state index contributed by atoms with van der Waals surface area (Å²) in [5.41, 5.74) is 10.6. The first-order valence-corrected chi connectivity index (χ1v) is 8.93. The molecule has 0 saturated carbocycles. The molecule has 4 rings (SSSR count). The molecular weight excluding hydrogens is 329 g/mol. The lowest BCUT2D eigenvalue weighted by Gasteiger charge is -2.15. The molecule has 26 heavy (non-hydrogen) atoms. The van der Waals surface area contributed by atoms with Crippen molar-refractivity contribution in [2.75, 3.05) is 5.73 Å². The van der Waals surface area contributed by atoms with Gasteiger partial charge in [-0.25, -0.2) is 13.9 Å². The van der Waals surface area contributed by atoms with Gasteiger partial charge in [0.25, 0.3) is 0 Å². The van der Waals surface area contributed by atoms with Crippen molar-refractivity contribution < 1.29 is 4.39 Å². The first-order valence-electron chi connectivity index (χ1n) is 8.93. The number of rotatable bonds is 4. The Bertz CT molecular complexity index is 1020. The summed E-state index contributed by atoms with van der Waals surface area (Å²) in [6.45, 7) is 6.41. The number of aliphatic imine (C=N–C) groups is 1. The lowest BCUT2D eigenvalue weighted by molar-refractivity contribution is 0.544. The first kappa shape index (κ1) is 16.7. The molecule has 5 nitrogen and oxygen atoms in total. The summed E-state index contributed by atoms with van der Waals surface area (Å²) >= 11 is 0. The molecule has 2 aromatic heterocycles. The summed E-state index contributed by atoms with van der Waals surface area (Å²) in [5, 5.41) is 4.16. The van der Waals surface area contributed by atoms with Crippen molar-refractivity contribution in [3.05, 3.63) is 42.0 Å². The van der Waals surface area contributed by atoms with E-state index in [9.17, 15) is 4.39 Å². The Balaban J connectivity index is 1.79. The summed E-state index contributed by atoms with van der Waals surface area (Å²) in [4.78, 5) is 8.57. The fraction of sp³-hybridized carbons (Fsp3) is 0.350. The van der Waals surface area contributed by atoms with Crippen LogP contribution in [0.3, 0.4) is 0 Å². The van der Waals surface area contributed by atoms with Gasteiger partial charge in [-0.1, -0.05) is 20.3 Å². The minimum atomic E-state index is -0.278. The van der Waals surface area contributed by atoms with Gasteiger partial charge in [-0.15, -0.1) is 5.10 Å². The van der Waals surface area contributed by atoms with Gasteiger partial charge in [-0.3, -0.25) is 4.99 Å². The second-order valence-electron chi connectivity index (χ2n) is 7.35. The molecule has 0 saturated heterocycles. The highest BCUT2D eigenvalue weighted by molar-refractivity contribution is 5.97. The Morgan fingerprint density at radius 2 is 2.12 bits per heavy atom. The van der Waals surface area contributed by atoms with Crippen molar-refractivity contribution in [3.63, 3.8) is 0 Å². The van der Waals surface area contributed by atoms with Gasteiger partial charge in [-0.2, -0.15) is 0 Å². The van der Waals surface area contributed by atoms with E-state index in [1.807, 2.05) is 19.2 Å². The number of anilines is 1. The molecule has 6 heteroatoms. The SMILES string of the molecule is CC1=Nc2c(F)cc(-c3ccn4nc(N)ncc34)cc2C1CCC(C)C. The van der Waals surface area contributed by atoms with E-state index >= 15 is 0 Å². The quantitative estimate of drug-likeness (QED) is 0.738. The molecule has 1 aliphatic heterocycles. The smallest absolute Gasteiger partial charge is 0.238 e. The van der Waals surface area contributed by atoms with Crippen LogP contribution in [-0.2, 0) is 0 Å². The van der Waals surface area contributed by atoms with Gasteiger partial charge in [0.15, 0.2) is 0 Å². The fourth-order valence-electron chi connectivity index (χ4n) is 3.66. The third-order valence-corrected chi connectivity index (χ3v) is 5.04. The number of halogens is 1. The summed E-state index contributed by atoms with van der Waals surface area (Å²) < 4.78 is 16.5. The van der Waals surface area contributed by atoms with Crippen molar-refractivity contribution in [3.8, 4) is 11.1 Å². The van der Waals surface area contributed by atoms with Crippen LogP contribution in [0, 0.1) is 11.7 Å². The van der Waals surface area contributed by atoms with Crippen LogP contribution >= 0.6 is 0 Å². The van der Waals surface area contributed by atoms with Gasteiger partial charge >= 0.3 is 0 Å². The highest BCUT2D eigenvalue weighted by atomic mass is 19.1. The molecule has 134 valence electrons. The van der Waals surface area contributed by atoms with E-state index in [1.165, 1.54) is 0 Å².